The van der Waals surface area contributed by atoms with Crippen molar-refractivity contribution in [3.63, 3.8) is 0 Å². The molecule has 0 aliphatic rings. The average Bonchev–Trinajstić information content (AvgIpc) is 2.44. The Hall–Kier alpha value is -2.03. The van der Waals surface area contributed by atoms with Crippen molar-refractivity contribution in [3.8, 4) is 0 Å². The lowest BCUT2D eigenvalue weighted by atomic mass is 9.93. The molecule has 0 atom stereocenters. The van der Waals surface area contributed by atoms with Crippen LogP contribution >= 0.6 is 0 Å². The Morgan fingerprint density at radius 3 is 1.95 bits per heavy atom. The Balaban J connectivity index is 2.48. The second-order valence-electron chi connectivity index (χ2n) is 5.00. The molecule has 20 heavy (non-hydrogen) atoms. The standard InChI is InChI=1S/C17H16F2O/c1-11-9-15(10-12(2)13(11)3)17(18,19)16(20)14-7-5-4-6-8-14/h4-10H,1-3H3. The first kappa shape index (κ1) is 14.4. The molecule has 2 aromatic carbocycles. The molecule has 0 fully saturated rings. The third-order valence-corrected chi connectivity index (χ3v) is 3.61. The summed E-state index contributed by atoms with van der Waals surface area (Å²) >= 11 is 0. The molecule has 0 N–H and O–H groups in total. The second kappa shape index (κ2) is 5.16. The molecule has 0 saturated carbocycles. The van der Waals surface area contributed by atoms with Crippen molar-refractivity contribution in [3.05, 3.63) is 70.3 Å². The van der Waals surface area contributed by atoms with Crippen LogP contribution in [0.3, 0.4) is 0 Å². The largest absolute Gasteiger partial charge is 0.334 e. The molecule has 0 spiro atoms. The highest BCUT2D eigenvalue weighted by molar-refractivity contribution is 6.01. The molecule has 1 nitrogen and oxygen atoms in total. The predicted molar refractivity (Wildman–Crippen MR) is 75.3 cm³/mol. The highest BCUT2D eigenvalue weighted by atomic mass is 19.3. The Morgan fingerprint density at radius 1 is 0.950 bits per heavy atom. The van der Waals surface area contributed by atoms with E-state index in [4.69, 9.17) is 0 Å². The van der Waals surface area contributed by atoms with Crippen LogP contribution in [0.2, 0.25) is 0 Å². The van der Waals surface area contributed by atoms with E-state index in [0.29, 0.717) is 0 Å². The van der Waals surface area contributed by atoms with Crippen LogP contribution in [0.4, 0.5) is 8.78 Å². The maximum Gasteiger partial charge on any atom is 0.334 e. The van der Waals surface area contributed by atoms with Crippen molar-refractivity contribution < 1.29 is 13.6 Å². The van der Waals surface area contributed by atoms with E-state index in [1.54, 1.807) is 32.0 Å². The number of hydrogen-bond acceptors (Lipinski definition) is 1. The fourth-order valence-electron chi connectivity index (χ4n) is 2.12. The predicted octanol–water partition coefficient (Wildman–Crippen LogP) is 4.59. The molecule has 0 bridgehead atoms. The molecular formula is C17H16F2O. The lowest BCUT2D eigenvalue weighted by Crippen LogP contribution is -2.26. The van der Waals surface area contributed by atoms with Crippen LogP contribution < -0.4 is 0 Å². The van der Waals surface area contributed by atoms with E-state index in [9.17, 15) is 13.6 Å². The summed E-state index contributed by atoms with van der Waals surface area (Å²) in [5.74, 6) is -4.68. The fraction of sp³-hybridized carbons (Fsp3) is 0.235. The van der Waals surface area contributed by atoms with Gasteiger partial charge in [-0.05, 0) is 49.6 Å². The normalized spacial score (nSPS) is 11.4. The number of hydrogen-bond donors (Lipinski definition) is 0. The number of ketones is 1. The van der Waals surface area contributed by atoms with Gasteiger partial charge in [-0.15, -0.1) is 0 Å². The van der Waals surface area contributed by atoms with Gasteiger partial charge in [0.2, 0.25) is 5.78 Å². The SMILES string of the molecule is Cc1cc(C(F)(F)C(=O)c2ccccc2)cc(C)c1C. The average molecular weight is 274 g/mol. The van der Waals surface area contributed by atoms with Gasteiger partial charge in [-0.2, -0.15) is 8.78 Å². The maximum atomic E-state index is 14.4. The summed E-state index contributed by atoms with van der Waals surface area (Å²) < 4.78 is 28.8. The number of Topliss-reactive ketones (excluding diaryl/α,β-unsaturated/α-hetero) is 1. The van der Waals surface area contributed by atoms with Crippen molar-refractivity contribution in [2.24, 2.45) is 0 Å². The molecule has 0 unspecified atom stereocenters. The summed E-state index contributed by atoms with van der Waals surface area (Å²) in [6, 6.07) is 10.4. The summed E-state index contributed by atoms with van der Waals surface area (Å²) in [5.41, 5.74) is 2.28. The number of benzene rings is 2. The molecule has 0 aliphatic carbocycles. The third kappa shape index (κ3) is 2.48. The summed E-state index contributed by atoms with van der Waals surface area (Å²) in [5, 5.41) is 0. The monoisotopic (exact) mass is 274 g/mol. The number of carbonyl (C=O) groups is 1. The Labute approximate surface area is 117 Å². The fourth-order valence-corrected chi connectivity index (χ4v) is 2.12. The summed E-state index contributed by atoms with van der Waals surface area (Å²) in [6.45, 7) is 5.43. The molecule has 2 aromatic rings. The van der Waals surface area contributed by atoms with Gasteiger partial charge in [0, 0.05) is 11.1 Å². The van der Waals surface area contributed by atoms with Crippen LogP contribution in [-0.2, 0) is 5.92 Å². The van der Waals surface area contributed by atoms with E-state index in [2.05, 4.69) is 0 Å². The molecule has 0 saturated heterocycles. The van der Waals surface area contributed by atoms with Crippen molar-refractivity contribution in [1.82, 2.24) is 0 Å². The number of alkyl halides is 2. The van der Waals surface area contributed by atoms with Gasteiger partial charge in [0.1, 0.15) is 0 Å². The van der Waals surface area contributed by atoms with Crippen molar-refractivity contribution in [1.29, 1.82) is 0 Å². The number of carbonyl (C=O) groups excluding carboxylic acids is 1. The van der Waals surface area contributed by atoms with E-state index in [1.807, 2.05) is 6.92 Å². The van der Waals surface area contributed by atoms with E-state index in [-0.39, 0.29) is 11.1 Å². The Bertz CT molecular complexity index is 622. The molecule has 2 rings (SSSR count). The maximum absolute atomic E-state index is 14.4. The Morgan fingerprint density at radius 2 is 1.45 bits per heavy atom. The summed E-state index contributed by atoms with van der Waals surface area (Å²) in [6.07, 6.45) is 0. The zero-order chi connectivity index (χ0) is 14.9. The van der Waals surface area contributed by atoms with Gasteiger partial charge in [0.05, 0.1) is 0 Å². The number of aryl methyl sites for hydroxylation is 2. The topological polar surface area (TPSA) is 17.1 Å². The van der Waals surface area contributed by atoms with E-state index >= 15 is 0 Å². The minimum absolute atomic E-state index is 0.0216. The minimum Gasteiger partial charge on any atom is -0.287 e. The van der Waals surface area contributed by atoms with Crippen LogP contribution in [-0.4, -0.2) is 5.78 Å². The lowest BCUT2D eigenvalue weighted by molar-refractivity contribution is 0.00736. The van der Waals surface area contributed by atoms with Crippen LogP contribution in [0.5, 0.6) is 0 Å². The number of halogens is 2. The van der Waals surface area contributed by atoms with E-state index in [0.717, 1.165) is 16.7 Å². The first-order valence-corrected chi connectivity index (χ1v) is 6.40. The summed E-state index contributed by atoms with van der Waals surface area (Å²) in [4.78, 5) is 12.0. The zero-order valence-corrected chi connectivity index (χ0v) is 11.7. The van der Waals surface area contributed by atoms with E-state index < -0.39 is 11.7 Å². The van der Waals surface area contributed by atoms with Crippen LogP contribution in [0.25, 0.3) is 0 Å². The van der Waals surface area contributed by atoms with Gasteiger partial charge in [-0.3, -0.25) is 4.79 Å². The number of rotatable bonds is 3. The highest BCUT2D eigenvalue weighted by Gasteiger charge is 2.41. The molecule has 104 valence electrons. The first-order valence-electron chi connectivity index (χ1n) is 6.40. The summed E-state index contributed by atoms with van der Waals surface area (Å²) in [7, 11) is 0. The molecule has 0 aromatic heterocycles. The van der Waals surface area contributed by atoms with Crippen LogP contribution in [0.1, 0.15) is 32.6 Å². The van der Waals surface area contributed by atoms with Crippen LogP contribution in [0.15, 0.2) is 42.5 Å². The van der Waals surface area contributed by atoms with E-state index in [1.165, 1.54) is 24.3 Å². The van der Waals surface area contributed by atoms with Gasteiger partial charge >= 0.3 is 5.92 Å². The van der Waals surface area contributed by atoms with Gasteiger partial charge in [-0.1, -0.05) is 30.3 Å². The molecule has 0 radical (unpaired) electrons. The third-order valence-electron chi connectivity index (χ3n) is 3.61. The van der Waals surface area contributed by atoms with Crippen molar-refractivity contribution in [2.75, 3.05) is 0 Å². The zero-order valence-electron chi connectivity index (χ0n) is 11.7. The smallest absolute Gasteiger partial charge is 0.287 e. The van der Waals surface area contributed by atoms with Gasteiger partial charge in [-0.25, -0.2) is 0 Å². The van der Waals surface area contributed by atoms with Crippen molar-refractivity contribution >= 4 is 5.78 Å². The van der Waals surface area contributed by atoms with Crippen LogP contribution in [0, 0.1) is 20.8 Å². The molecule has 3 heteroatoms. The molecule has 0 aliphatic heterocycles. The Kier molecular flexibility index (Phi) is 3.71. The van der Waals surface area contributed by atoms with Gasteiger partial charge in [0.25, 0.3) is 0 Å². The first-order chi connectivity index (χ1) is 9.34. The quantitative estimate of drug-likeness (QED) is 0.748. The second-order valence-corrected chi connectivity index (χ2v) is 5.00. The van der Waals surface area contributed by atoms with Gasteiger partial charge < -0.3 is 0 Å². The van der Waals surface area contributed by atoms with Gasteiger partial charge in [0.15, 0.2) is 0 Å². The highest BCUT2D eigenvalue weighted by Crippen LogP contribution is 2.34. The molecule has 0 heterocycles. The minimum atomic E-state index is -3.51. The molecule has 0 amide bonds. The molecular weight excluding hydrogens is 258 g/mol. The van der Waals surface area contributed by atoms with Crippen molar-refractivity contribution in [2.45, 2.75) is 26.7 Å². The lowest BCUT2D eigenvalue weighted by Gasteiger charge is -2.18.